The molecule has 0 radical (unpaired) electrons. The Bertz CT molecular complexity index is 978. The number of hydrogen-bond donors (Lipinski definition) is 7. The van der Waals surface area contributed by atoms with E-state index in [2.05, 4.69) is 16.0 Å². The van der Waals surface area contributed by atoms with E-state index in [0.717, 1.165) is 0 Å². The van der Waals surface area contributed by atoms with Crippen molar-refractivity contribution >= 4 is 53.3 Å². The Morgan fingerprint density at radius 3 is 2.07 bits per heavy atom. The minimum atomic E-state index is -1.51. The third kappa shape index (κ3) is 12.3. The third-order valence-corrected chi connectivity index (χ3v) is 7.05. The number of nitrogens with zero attached hydrogens (tertiary/aromatic N) is 1. The summed E-state index contributed by atoms with van der Waals surface area (Å²) >= 11 is 1.47. The first-order valence-electron chi connectivity index (χ1n) is 13.3. The molecule has 0 aromatic heterocycles. The highest BCUT2D eigenvalue weighted by molar-refractivity contribution is 7.98. The SMILES string of the molecule is CSCC[C@H](N)C(=O)N[C@@H](CC(=O)O)C(=O)N[C@@H](CC(C)C)C(=O)N1CCC[C@H]1C(=O)N[C@@H](CCC(=O)O)C(=O)O. The van der Waals surface area contributed by atoms with E-state index in [4.69, 9.17) is 10.8 Å². The van der Waals surface area contributed by atoms with Crippen LogP contribution in [-0.2, 0) is 33.6 Å². The molecule has 1 fully saturated rings. The van der Waals surface area contributed by atoms with E-state index < -0.39 is 84.6 Å². The van der Waals surface area contributed by atoms with Crippen molar-refractivity contribution in [3.63, 3.8) is 0 Å². The second kappa shape index (κ2) is 17.4. The van der Waals surface area contributed by atoms with Gasteiger partial charge in [-0.3, -0.25) is 28.8 Å². The van der Waals surface area contributed by atoms with Crippen molar-refractivity contribution in [3.05, 3.63) is 0 Å². The molecule has 0 bridgehead atoms. The van der Waals surface area contributed by atoms with Crippen molar-refractivity contribution in [2.24, 2.45) is 11.7 Å². The third-order valence-electron chi connectivity index (χ3n) is 6.40. The zero-order valence-electron chi connectivity index (χ0n) is 23.5. The number of carbonyl (C=O) groups is 7. The van der Waals surface area contributed by atoms with Crippen molar-refractivity contribution < 1.29 is 48.9 Å². The van der Waals surface area contributed by atoms with Gasteiger partial charge in [-0.15, -0.1) is 0 Å². The first kappa shape index (κ1) is 35.6. The topological polar surface area (TPSA) is 246 Å². The lowest BCUT2D eigenvalue weighted by atomic mass is 10.0. The number of thioether (sulfide) groups is 1. The molecule has 1 aliphatic rings. The maximum atomic E-state index is 13.6. The largest absolute Gasteiger partial charge is 0.481 e. The molecule has 4 amide bonds. The molecule has 232 valence electrons. The number of carboxylic acids is 3. The molecule has 0 spiro atoms. The van der Waals surface area contributed by atoms with E-state index in [9.17, 15) is 43.8 Å². The van der Waals surface area contributed by atoms with Gasteiger partial charge < -0.3 is 41.9 Å². The normalized spacial score (nSPS) is 17.7. The Labute approximate surface area is 242 Å². The average molecular weight is 604 g/mol. The number of carboxylic acid groups (broad SMARTS) is 3. The molecule has 1 heterocycles. The summed E-state index contributed by atoms with van der Waals surface area (Å²) in [6.45, 7) is 3.73. The first-order valence-corrected chi connectivity index (χ1v) is 14.7. The molecule has 0 unspecified atom stereocenters. The number of likely N-dealkylation sites (tertiary alicyclic amines) is 1. The van der Waals surface area contributed by atoms with Gasteiger partial charge in [0.05, 0.1) is 12.5 Å². The predicted molar refractivity (Wildman–Crippen MR) is 148 cm³/mol. The van der Waals surface area contributed by atoms with Crippen LogP contribution in [0.2, 0.25) is 0 Å². The van der Waals surface area contributed by atoms with Crippen LogP contribution in [0.15, 0.2) is 0 Å². The molecular formula is C25H41N5O10S. The summed E-state index contributed by atoms with van der Waals surface area (Å²) in [5.41, 5.74) is 5.84. The van der Waals surface area contributed by atoms with Crippen molar-refractivity contribution in [2.45, 2.75) is 89.0 Å². The van der Waals surface area contributed by atoms with E-state index >= 15 is 0 Å². The lowest BCUT2D eigenvalue weighted by molar-refractivity contribution is -0.145. The van der Waals surface area contributed by atoms with Crippen LogP contribution in [0.3, 0.4) is 0 Å². The Morgan fingerprint density at radius 2 is 1.54 bits per heavy atom. The van der Waals surface area contributed by atoms with Gasteiger partial charge in [0.15, 0.2) is 0 Å². The van der Waals surface area contributed by atoms with Gasteiger partial charge in [-0.25, -0.2) is 4.79 Å². The Kier molecular flexibility index (Phi) is 15.1. The average Bonchev–Trinajstić information content (AvgIpc) is 3.37. The molecule has 41 heavy (non-hydrogen) atoms. The zero-order chi connectivity index (χ0) is 31.3. The van der Waals surface area contributed by atoms with Gasteiger partial charge in [-0.2, -0.15) is 11.8 Å². The standard InChI is InChI=1S/C25H41N5O10S/c1-13(2)11-17(29-22(36)16(12-20(33)34)28-21(35)14(26)8-10-41-3)24(38)30-9-4-5-18(30)23(37)27-15(25(39)40)6-7-19(31)32/h13-18H,4-12,26H2,1-3H3,(H,27,37)(H,28,35)(H,29,36)(H,31,32)(H,33,34)(H,39,40)/t14-,15-,16-,17-,18-/m0/s1. The van der Waals surface area contributed by atoms with E-state index in [-0.39, 0.29) is 31.7 Å². The molecular weight excluding hydrogens is 562 g/mol. The van der Waals surface area contributed by atoms with Gasteiger partial charge in [0, 0.05) is 13.0 Å². The Hall–Kier alpha value is -3.40. The quantitative estimate of drug-likeness (QED) is 0.0995. The fourth-order valence-electron chi connectivity index (χ4n) is 4.30. The summed E-state index contributed by atoms with van der Waals surface area (Å²) in [6.07, 6.45) is 1.33. The molecule has 1 saturated heterocycles. The van der Waals surface area contributed by atoms with Gasteiger partial charge in [-0.05, 0) is 50.0 Å². The first-order chi connectivity index (χ1) is 19.2. The number of nitrogens with two attached hydrogens (primary N) is 1. The smallest absolute Gasteiger partial charge is 0.326 e. The van der Waals surface area contributed by atoms with Crippen LogP contribution in [0.1, 0.15) is 58.8 Å². The number of carbonyl (C=O) groups excluding carboxylic acids is 4. The summed E-state index contributed by atoms with van der Waals surface area (Å²) in [5, 5.41) is 34.7. The minimum absolute atomic E-state index is 0.112. The fraction of sp³-hybridized carbons (Fsp3) is 0.720. The molecule has 0 aromatic carbocycles. The number of amides is 4. The van der Waals surface area contributed by atoms with Crippen molar-refractivity contribution in [1.29, 1.82) is 0 Å². The summed E-state index contributed by atoms with van der Waals surface area (Å²) in [4.78, 5) is 87.1. The highest BCUT2D eigenvalue weighted by atomic mass is 32.2. The molecule has 8 N–H and O–H groups in total. The van der Waals surface area contributed by atoms with Crippen LogP contribution >= 0.6 is 11.8 Å². The predicted octanol–water partition coefficient (Wildman–Crippen LogP) is -1.02. The second-order valence-corrected chi connectivity index (χ2v) is 11.2. The Balaban J connectivity index is 3.07. The van der Waals surface area contributed by atoms with Crippen LogP contribution in [0.5, 0.6) is 0 Å². The molecule has 0 saturated carbocycles. The van der Waals surface area contributed by atoms with Crippen LogP contribution in [0, 0.1) is 5.92 Å². The van der Waals surface area contributed by atoms with Crippen LogP contribution in [0.4, 0.5) is 0 Å². The summed E-state index contributed by atoms with van der Waals surface area (Å²) in [6, 6.07) is -6.16. The van der Waals surface area contributed by atoms with Gasteiger partial charge in [0.2, 0.25) is 23.6 Å². The van der Waals surface area contributed by atoms with Crippen molar-refractivity contribution in [1.82, 2.24) is 20.9 Å². The van der Waals surface area contributed by atoms with Crippen LogP contribution in [0.25, 0.3) is 0 Å². The molecule has 16 heteroatoms. The highest BCUT2D eigenvalue weighted by Crippen LogP contribution is 2.21. The molecule has 1 rings (SSSR count). The maximum absolute atomic E-state index is 13.6. The summed E-state index contributed by atoms with van der Waals surface area (Å²) in [5.74, 6) is -6.54. The lowest BCUT2D eigenvalue weighted by Gasteiger charge is -2.31. The van der Waals surface area contributed by atoms with E-state index in [1.807, 2.05) is 6.26 Å². The lowest BCUT2D eigenvalue weighted by Crippen LogP contribution is -2.58. The van der Waals surface area contributed by atoms with Crippen molar-refractivity contribution in [3.8, 4) is 0 Å². The van der Waals surface area contributed by atoms with Gasteiger partial charge in [0.1, 0.15) is 24.2 Å². The summed E-state index contributed by atoms with van der Waals surface area (Å²) < 4.78 is 0. The fourth-order valence-corrected chi connectivity index (χ4v) is 4.79. The van der Waals surface area contributed by atoms with Crippen molar-refractivity contribution in [2.75, 3.05) is 18.6 Å². The number of aliphatic carboxylic acids is 3. The van der Waals surface area contributed by atoms with E-state index in [1.54, 1.807) is 13.8 Å². The number of hydrogen-bond acceptors (Lipinski definition) is 9. The molecule has 0 aliphatic carbocycles. The number of rotatable bonds is 18. The van der Waals surface area contributed by atoms with E-state index in [0.29, 0.717) is 18.6 Å². The monoisotopic (exact) mass is 603 g/mol. The molecule has 0 aromatic rings. The Morgan fingerprint density at radius 1 is 0.902 bits per heavy atom. The second-order valence-electron chi connectivity index (χ2n) is 10.3. The zero-order valence-corrected chi connectivity index (χ0v) is 24.3. The van der Waals surface area contributed by atoms with E-state index in [1.165, 1.54) is 16.7 Å². The van der Waals surface area contributed by atoms with Gasteiger partial charge in [0.25, 0.3) is 0 Å². The highest BCUT2D eigenvalue weighted by Gasteiger charge is 2.40. The van der Waals surface area contributed by atoms with Gasteiger partial charge >= 0.3 is 17.9 Å². The molecule has 15 nitrogen and oxygen atoms in total. The van der Waals surface area contributed by atoms with Crippen LogP contribution in [-0.4, -0.2) is 111 Å². The maximum Gasteiger partial charge on any atom is 0.326 e. The molecule has 5 atom stereocenters. The minimum Gasteiger partial charge on any atom is -0.481 e. The van der Waals surface area contributed by atoms with Gasteiger partial charge in [-0.1, -0.05) is 13.8 Å². The number of nitrogens with one attached hydrogen (secondary N) is 3. The summed E-state index contributed by atoms with van der Waals surface area (Å²) in [7, 11) is 0. The molecule has 1 aliphatic heterocycles. The van der Waals surface area contributed by atoms with Crippen LogP contribution < -0.4 is 21.7 Å².